The first-order valence-electron chi connectivity index (χ1n) is 12.5. The average molecular weight is 657 g/mol. The number of nitrogens with zero attached hydrogens (tertiary/aromatic N) is 3. The van der Waals surface area contributed by atoms with Crippen LogP contribution in [0.3, 0.4) is 0 Å². The largest absolute Gasteiger partial charge is 0.493 e. The molecule has 0 aliphatic carbocycles. The van der Waals surface area contributed by atoms with E-state index in [2.05, 4.69) is 26.0 Å². The monoisotopic (exact) mass is 655 g/mol. The second kappa shape index (κ2) is 12.0. The molecule has 0 atom stereocenters. The van der Waals surface area contributed by atoms with Gasteiger partial charge in [-0.15, -0.1) is 0 Å². The minimum Gasteiger partial charge on any atom is -0.493 e. The molecule has 0 unspecified atom stereocenters. The highest BCUT2D eigenvalue weighted by atomic mass is 79.9. The summed E-state index contributed by atoms with van der Waals surface area (Å²) in [6, 6.07) is 20.6. The van der Waals surface area contributed by atoms with E-state index in [1.54, 1.807) is 30.3 Å². The van der Waals surface area contributed by atoms with Crippen LogP contribution in [0.4, 0.5) is 13.2 Å². The topological polar surface area (TPSA) is 65.7 Å². The molecule has 0 fully saturated rings. The fourth-order valence-corrected chi connectivity index (χ4v) is 4.97. The van der Waals surface area contributed by atoms with Gasteiger partial charge in [-0.25, -0.2) is 4.98 Å². The van der Waals surface area contributed by atoms with Crippen molar-refractivity contribution < 1.29 is 22.6 Å². The van der Waals surface area contributed by atoms with E-state index in [0.29, 0.717) is 27.1 Å². The number of methoxy groups -OCH3 is 1. The standard InChI is InChI=1S/C31H22BrClF3N3O3/c1-18-7-5-8-19(13-18)17-42-28-25(41-2)15-21(26(32)27(28)33)16-37-39-29(20-9-6-10-22(14-20)31(34,35)36)38-24-12-4-3-11-23(24)30(39)40/h3-16H,17H2,1-2H3. The summed E-state index contributed by atoms with van der Waals surface area (Å²) in [6.07, 6.45) is -3.24. The number of alkyl halides is 3. The number of aryl methyl sites for hydroxylation is 1. The molecule has 1 aromatic heterocycles. The van der Waals surface area contributed by atoms with Crippen LogP contribution in [0, 0.1) is 6.92 Å². The summed E-state index contributed by atoms with van der Waals surface area (Å²) in [7, 11) is 1.46. The molecule has 0 spiro atoms. The van der Waals surface area contributed by atoms with Crippen molar-refractivity contribution in [1.82, 2.24) is 9.66 Å². The number of benzene rings is 4. The Morgan fingerprint density at radius 1 is 1.05 bits per heavy atom. The van der Waals surface area contributed by atoms with Crippen LogP contribution in [-0.4, -0.2) is 23.0 Å². The van der Waals surface area contributed by atoms with Gasteiger partial charge in [-0.2, -0.15) is 22.9 Å². The smallest absolute Gasteiger partial charge is 0.416 e. The molecule has 0 amide bonds. The molecule has 0 radical (unpaired) electrons. The van der Waals surface area contributed by atoms with Gasteiger partial charge < -0.3 is 9.47 Å². The molecule has 0 N–H and O–H groups in total. The fraction of sp³-hybridized carbons (Fsp3) is 0.129. The first kappa shape index (κ1) is 29.3. The van der Waals surface area contributed by atoms with E-state index >= 15 is 0 Å². The third-order valence-electron chi connectivity index (χ3n) is 6.36. The summed E-state index contributed by atoms with van der Waals surface area (Å²) in [5.41, 5.74) is 1.41. The van der Waals surface area contributed by atoms with E-state index in [1.165, 1.54) is 25.5 Å². The molecule has 0 aliphatic heterocycles. The van der Waals surface area contributed by atoms with Crippen molar-refractivity contribution in [3.63, 3.8) is 0 Å². The van der Waals surface area contributed by atoms with E-state index in [-0.39, 0.29) is 28.4 Å². The normalized spacial score (nSPS) is 11.8. The van der Waals surface area contributed by atoms with Crippen molar-refractivity contribution in [2.45, 2.75) is 19.7 Å². The number of rotatable bonds is 7. The van der Waals surface area contributed by atoms with E-state index < -0.39 is 17.3 Å². The van der Waals surface area contributed by atoms with Gasteiger partial charge in [0.1, 0.15) is 11.6 Å². The zero-order valence-corrected chi connectivity index (χ0v) is 24.6. The van der Waals surface area contributed by atoms with Gasteiger partial charge in [0.2, 0.25) is 0 Å². The third kappa shape index (κ3) is 6.05. The van der Waals surface area contributed by atoms with Gasteiger partial charge in [0.25, 0.3) is 5.56 Å². The van der Waals surface area contributed by atoms with Crippen molar-refractivity contribution in [3.8, 4) is 22.9 Å². The molecule has 42 heavy (non-hydrogen) atoms. The zero-order chi connectivity index (χ0) is 30.0. The predicted molar refractivity (Wildman–Crippen MR) is 161 cm³/mol. The number of ether oxygens (including phenoxy) is 2. The molecule has 11 heteroatoms. The molecule has 4 aromatic carbocycles. The summed E-state index contributed by atoms with van der Waals surface area (Å²) >= 11 is 10.1. The molecular weight excluding hydrogens is 635 g/mol. The van der Waals surface area contributed by atoms with Crippen LogP contribution in [0.15, 0.2) is 93.2 Å². The predicted octanol–water partition coefficient (Wildman–Crippen LogP) is 8.28. The van der Waals surface area contributed by atoms with Crippen molar-refractivity contribution >= 4 is 44.6 Å². The molecule has 5 rings (SSSR count). The molecule has 214 valence electrons. The number of hydrogen-bond acceptors (Lipinski definition) is 5. The lowest BCUT2D eigenvalue weighted by atomic mass is 10.1. The van der Waals surface area contributed by atoms with E-state index in [4.69, 9.17) is 21.1 Å². The molecule has 0 saturated carbocycles. The van der Waals surface area contributed by atoms with Crippen LogP contribution in [0.5, 0.6) is 11.5 Å². The number of fused-ring (bicyclic) bond motifs is 1. The maximum absolute atomic E-state index is 13.5. The number of aromatic nitrogens is 2. The van der Waals surface area contributed by atoms with Crippen molar-refractivity contribution in [1.29, 1.82) is 0 Å². The third-order valence-corrected chi connectivity index (χ3v) is 7.80. The van der Waals surface area contributed by atoms with Crippen molar-refractivity contribution in [2.24, 2.45) is 5.10 Å². The van der Waals surface area contributed by atoms with Gasteiger partial charge >= 0.3 is 6.18 Å². The summed E-state index contributed by atoms with van der Waals surface area (Å²) in [6.45, 7) is 2.23. The maximum Gasteiger partial charge on any atom is 0.416 e. The maximum atomic E-state index is 13.5. The van der Waals surface area contributed by atoms with Gasteiger partial charge in [0, 0.05) is 15.6 Å². The molecule has 0 bridgehead atoms. The number of para-hydroxylation sites is 1. The lowest BCUT2D eigenvalue weighted by Crippen LogP contribution is -2.20. The van der Waals surface area contributed by atoms with Gasteiger partial charge in [-0.1, -0.05) is 65.7 Å². The molecule has 1 heterocycles. The van der Waals surface area contributed by atoms with Gasteiger partial charge in [-0.05, 0) is 58.7 Å². The first-order valence-corrected chi connectivity index (χ1v) is 13.7. The lowest BCUT2D eigenvalue weighted by molar-refractivity contribution is -0.137. The first-order chi connectivity index (χ1) is 20.1. The van der Waals surface area contributed by atoms with E-state index in [1.807, 2.05) is 31.2 Å². The number of halogens is 5. The highest BCUT2D eigenvalue weighted by Crippen LogP contribution is 2.42. The van der Waals surface area contributed by atoms with Crippen LogP contribution < -0.4 is 15.0 Å². The van der Waals surface area contributed by atoms with Gasteiger partial charge in [0.05, 0.1) is 29.8 Å². The Morgan fingerprint density at radius 2 is 1.81 bits per heavy atom. The van der Waals surface area contributed by atoms with Crippen molar-refractivity contribution in [2.75, 3.05) is 7.11 Å². The van der Waals surface area contributed by atoms with Crippen molar-refractivity contribution in [3.05, 3.63) is 121 Å². The summed E-state index contributed by atoms with van der Waals surface area (Å²) < 4.78 is 53.3. The Hall–Kier alpha value is -4.15. The number of hydrogen-bond donors (Lipinski definition) is 0. The van der Waals surface area contributed by atoms with E-state index in [9.17, 15) is 18.0 Å². The molecule has 5 aromatic rings. The Morgan fingerprint density at radius 3 is 2.55 bits per heavy atom. The Balaban J connectivity index is 1.59. The van der Waals surface area contributed by atoms with Crippen LogP contribution >= 0.6 is 27.5 Å². The van der Waals surface area contributed by atoms with Crippen LogP contribution in [0.25, 0.3) is 22.3 Å². The minimum absolute atomic E-state index is 0.0617. The van der Waals surface area contributed by atoms with Crippen LogP contribution in [-0.2, 0) is 12.8 Å². The highest BCUT2D eigenvalue weighted by molar-refractivity contribution is 9.10. The second-order valence-electron chi connectivity index (χ2n) is 9.30. The zero-order valence-electron chi connectivity index (χ0n) is 22.2. The minimum atomic E-state index is -4.58. The van der Waals surface area contributed by atoms with Crippen LogP contribution in [0.2, 0.25) is 5.02 Å². The summed E-state index contributed by atoms with van der Waals surface area (Å²) in [5.74, 6) is 0.562. The molecule has 0 aliphatic rings. The fourth-order valence-electron chi connectivity index (χ4n) is 4.31. The molecule has 6 nitrogen and oxygen atoms in total. The second-order valence-corrected chi connectivity index (χ2v) is 10.5. The molecular formula is C31H22BrClF3N3O3. The Bertz CT molecular complexity index is 1890. The van der Waals surface area contributed by atoms with Gasteiger partial charge in [-0.3, -0.25) is 4.79 Å². The highest BCUT2D eigenvalue weighted by Gasteiger charge is 2.31. The average Bonchev–Trinajstić information content (AvgIpc) is 2.97. The molecule has 0 saturated heterocycles. The SMILES string of the molecule is COc1cc(C=Nn2c(-c3cccc(C(F)(F)F)c3)nc3ccccc3c2=O)c(Br)c(Cl)c1OCc1cccc(C)c1. The summed E-state index contributed by atoms with van der Waals surface area (Å²) in [5, 5.41) is 4.82. The Labute approximate surface area is 252 Å². The Kier molecular flexibility index (Phi) is 8.38. The van der Waals surface area contributed by atoms with Crippen LogP contribution in [0.1, 0.15) is 22.3 Å². The van der Waals surface area contributed by atoms with Gasteiger partial charge in [0.15, 0.2) is 17.3 Å². The summed E-state index contributed by atoms with van der Waals surface area (Å²) in [4.78, 5) is 18.0. The lowest BCUT2D eigenvalue weighted by Gasteiger charge is -2.15. The van der Waals surface area contributed by atoms with E-state index in [0.717, 1.165) is 27.9 Å². The quantitative estimate of drug-likeness (QED) is 0.166.